The number of thioether (sulfide) groups is 1. The van der Waals surface area contributed by atoms with Gasteiger partial charge < -0.3 is 5.73 Å². The standard InChI is InChI=1S/C8H7N3OS/c9-7(12)8-11-5-1-3-10-4-2-6(5)13-8/h1-4,8H,(H2,9,12). The van der Waals surface area contributed by atoms with Crippen LogP contribution in [0.3, 0.4) is 0 Å². The molecule has 0 spiro atoms. The highest BCUT2D eigenvalue weighted by Crippen LogP contribution is 2.31. The Kier molecular flexibility index (Phi) is 2.02. The van der Waals surface area contributed by atoms with Gasteiger partial charge in [0.25, 0.3) is 5.91 Å². The molecule has 13 heavy (non-hydrogen) atoms. The second-order valence-electron chi connectivity index (χ2n) is 2.53. The number of rotatable bonds is 1. The number of nitrogens with zero attached hydrogens (tertiary/aromatic N) is 2. The van der Waals surface area contributed by atoms with Crippen molar-refractivity contribution < 1.29 is 4.79 Å². The summed E-state index contributed by atoms with van der Waals surface area (Å²) in [5.41, 5.74) is 5.92. The van der Waals surface area contributed by atoms with E-state index >= 15 is 0 Å². The van der Waals surface area contributed by atoms with Crippen LogP contribution in [0.5, 0.6) is 0 Å². The third kappa shape index (κ3) is 1.55. The van der Waals surface area contributed by atoms with Gasteiger partial charge >= 0.3 is 0 Å². The molecule has 0 fully saturated rings. The van der Waals surface area contributed by atoms with Gasteiger partial charge in [-0.15, -0.1) is 0 Å². The van der Waals surface area contributed by atoms with E-state index in [1.54, 1.807) is 18.5 Å². The van der Waals surface area contributed by atoms with Gasteiger partial charge in [0.2, 0.25) is 0 Å². The van der Waals surface area contributed by atoms with E-state index in [0.29, 0.717) is 0 Å². The third-order valence-corrected chi connectivity index (χ3v) is 2.78. The average Bonchev–Trinajstić information content (AvgIpc) is 2.38. The largest absolute Gasteiger partial charge is 0.367 e. The van der Waals surface area contributed by atoms with E-state index in [-0.39, 0.29) is 0 Å². The van der Waals surface area contributed by atoms with Gasteiger partial charge in [-0.05, 0) is 12.2 Å². The molecule has 2 heterocycles. The van der Waals surface area contributed by atoms with Crippen LogP contribution < -0.4 is 5.73 Å². The maximum atomic E-state index is 10.8. The molecule has 0 aromatic rings. The Morgan fingerprint density at radius 3 is 3.23 bits per heavy atom. The number of hydrogen-bond donors (Lipinski definition) is 1. The monoisotopic (exact) mass is 193 g/mol. The first-order valence-electron chi connectivity index (χ1n) is 3.71. The van der Waals surface area contributed by atoms with Crippen molar-refractivity contribution in [3.05, 3.63) is 23.3 Å². The fourth-order valence-corrected chi connectivity index (χ4v) is 1.95. The van der Waals surface area contributed by atoms with E-state index in [2.05, 4.69) is 9.98 Å². The number of carbonyl (C=O) groups is 1. The molecule has 5 heteroatoms. The second-order valence-corrected chi connectivity index (χ2v) is 3.65. The zero-order valence-electron chi connectivity index (χ0n) is 6.68. The molecule has 0 aliphatic carbocycles. The fraction of sp³-hybridized carbons (Fsp3) is 0.125. The van der Waals surface area contributed by atoms with Crippen molar-refractivity contribution in [3.8, 4) is 0 Å². The molecule has 0 aromatic carbocycles. The van der Waals surface area contributed by atoms with Crippen LogP contribution in [0.4, 0.5) is 0 Å². The molecule has 2 rings (SSSR count). The Bertz CT molecular complexity index is 368. The van der Waals surface area contributed by atoms with Gasteiger partial charge in [0.15, 0.2) is 5.37 Å². The molecule has 4 nitrogen and oxygen atoms in total. The van der Waals surface area contributed by atoms with E-state index < -0.39 is 11.3 Å². The molecular weight excluding hydrogens is 186 g/mol. The average molecular weight is 193 g/mol. The molecule has 0 aromatic heterocycles. The van der Waals surface area contributed by atoms with E-state index in [0.717, 1.165) is 10.6 Å². The Morgan fingerprint density at radius 2 is 2.46 bits per heavy atom. The summed E-state index contributed by atoms with van der Waals surface area (Å²) in [6, 6.07) is 0. The third-order valence-electron chi connectivity index (χ3n) is 1.62. The molecule has 0 saturated heterocycles. The van der Waals surface area contributed by atoms with Gasteiger partial charge in [-0.2, -0.15) is 0 Å². The molecule has 0 radical (unpaired) electrons. The molecule has 66 valence electrons. The molecular formula is C8H7N3OS. The van der Waals surface area contributed by atoms with Crippen LogP contribution in [0.2, 0.25) is 0 Å². The van der Waals surface area contributed by atoms with Crippen molar-refractivity contribution in [2.75, 3.05) is 0 Å². The zero-order valence-corrected chi connectivity index (χ0v) is 7.49. The highest BCUT2D eigenvalue weighted by molar-refractivity contribution is 8.05. The van der Waals surface area contributed by atoms with Crippen molar-refractivity contribution in [1.29, 1.82) is 0 Å². The van der Waals surface area contributed by atoms with Gasteiger partial charge in [-0.25, -0.2) is 0 Å². The normalized spacial score (nSPS) is 24.8. The maximum Gasteiger partial charge on any atom is 0.252 e. The molecule has 2 N–H and O–H groups in total. The van der Waals surface area contributed by atoms with Crippen LogP contribution in [-0.2, 0) is 4.79 Å². The van der Waals surface area contributed by atoms with Crippen molar-refractivity contribution in [2.24, 2.45) is 15.7 Å². The van der Waals surface area contributed by atoms with Crippen molar-refractivity contribution in [3.63, 3.8) is 0 Å². The van der Waals surface area contributed by atoms with Crippen molar-refractivity contribution >= 4 is 29.6 Å². The molecule has 1 unspecified atom stereocenters. The Morgan fingerprint density at radius 1 is 1.62 bits per heavy atom. The summed E-state index contributed by atoms with van der Waals surface area (Å²) in [5.74, 6) is -0.406. The van der Waals surface area contributed by atoms with Crippen LogP contribution in [-0.4, -0.2) is 23.2 Å². The lowest BCUT2D eigenvalue weighted by atomic mass is 10.3. The summed E-state index contributed by atoms with van der Waals surface area (Å²) >= 11 is 1.36. The van der Waals surface area contributed by atoms with Crippen LogP contribution in [0.15, 0.2) is 33.2 Å². The fourth-order valence-electron chi connectivity index (χ4n) is 1.04. The van der Waals surface area contributed by atoms with E-state index in [1.807, 2.05) is 6.08 Å². The van der Waals surface area contributed by atoms with Gasteiger partial charge in [0.1, 0.15) is 0 Å². The maximum absolute atomic E-state index is 10.8. The summed E-state index contributed by atoms with van der Waals surface area (Å²) < 4.78 is 0. The predicted octanol–water partition coefficient (Wildman–Crippen LogP) is 0.468. The zero-order chi connectivity index (χ0) is 9.26. The molecule has 0 bridgehead atoms. The lowest BCUT2D eigenvalue weighted by Gasteiger charge is -1.97. The summed E-state index contributed by atoms with van der Waals surface area (Å²) in [7, 11) is 0. The first-order valence-corrected chi connectivity index (χ1v) is 4.59. The highest BCUT2D eigenvalue weighted by Gasteiger charge is 2.25. The van der Waals surface area contributed by atoms with Crippen LogP contribution >= 0.6 is 11.8 Å². The number of allylic oxidation sites excluding steroid dienone is 3. The number of aliphatic imine (C=N–C) groups is 2. The number of hydrogen-bond acceptors (Lipinski definition) is 4. The van der Waals surface area contributed by atoms with E-state index in [1.165, 1.54) is 11.8 Å². The summed E-state index contributed by atoms with van der Waals surface area (Å²) in [4.78, 5) is 19.9. The molecule has 2 aliphatic heterocycles. The van der Waals surface area contributed by atoms with Gasteiger partial charge in [-0.3, -0.25) is 14.8 Å². The van der Waals surface area contributed by atoms with Crippen LogP contribution in [0.25, 0.3) is 0 Å². The summed E-state index contributed by atoms with van der Waals surface area (Å²) in [5, 5.41) is -0.475. The Balaban J connectivity index is 2.31. The lowest BCUT2D eigenvalue weighted by molar-refractivity contribution is -0.117. The van der Waals surface area contributed by atoms with Gasteiger partial charge in [0, 0.05) is 17.3 Å². The number of carbonyl (C=O) groups excluding carboxylic acids is 1. The Labute approximate surface area is 79.3 Å². The molecule has 2 aliphatic rings. The number of fused-ring (bicyclic) bond motifs is 1. The minimum Gasteiger partial charge on any atom is -0.367 e. The summed E-state index contributed by atoms with van der Waals surface area (Å²) in [6.07, 6.45) is 6.91. The number of nitrogens with two attached hydrogens (primary N) is 1. The molecule has 1 atom stereocenters. The first-order chi connectivity index (χ1) is 6.27. The smallest absolute Gasteiger partial charge is 0.252 e. The van der Waals surface area contributed by atoms with Gasteiger partial charge in [-0.1, -0.05) is 11.8 Å². The SMILES string of the molecule is NC(=O)C1N=C2C=CN=CC=C2S1. The van der Waals surface area contributed by atoms with Crippen LogP contribution in [0, 0.1) is 0 Å². The Hall–Kier alpha value is -1.36. The highest BCUT2D eigenvalue weighted by atomic mass is 32.2. The lowest BCUT2D eigenvalue weighted by Crippen LogP contribution is -2.22. The van der Waals surface area contributed by atoms with Crippen molar-refractivity contribution in [2.45, 2.75) is 5.37 Å². The minimum atomic E-state index is -0.475. The topological polar surface area (TPSA) is 67.8 Å². The van der Waals surface area contributed by atoms with Crippen LogP contribution in [0.1, 0.15) is 0 Å². The first kappa shape index (κ1) is 8.25. The number of primary amides is 1. The minimum absolute atomic E-state index is 0.406. The summed E-state index contributed by atoms with van der Waals surface area (Å²) in [6.45, 7) is 0. The molecule has 0 saturated carbocycles. The quantitative estimate of drug-likeness (QED) is 0.657. The van der Waals surface area contributed by atoms with Gasteiger partial charge in [0.05, 0.1) is 5.71 Å². The predicted molar refractivity (Wildman–Crippen MR) is 53.7 cm³/mol. The second kappa shape index (κ2) is 3.18. The van der Waals surface area contributed by atoms with E-state index in [9.17, 15) is 4.79 Å². The van der Waals surface area contributed by atoms with E-state index in [4.69, 9.17) is 5.73 Å². The molecule has 1 amide bonds. The number of amides is 1. The van der Waals surface area contributed by atoms with Crippen molar-refractivity contribution in [1.82, 2.24) is 0 Å².